The van der Waals surface area contributed by atoms with Gasteiger partial charge < -0.3 is 9.94 Å². The fourth-order valence-electron chi connectivity index (χ4n) is 3.75. The minimum absolute atomic E-state index is 0.100. The van der Waals surface area contributed by atoms with E-state index >= 15 is 0 Å². The summed E-state index contributed by atoms with van der Waals surface area (Å²) in [6.45, 7) is 1.72. The molecule has 2 aromatic carbocycles. The lowest BCUT2D eigenvalue weighted by atomic mass is 9.83. The lowest BCUT2D eigenvalue weighted by Gasteiger charge is -2.37. The molecule has 0 saturated carbocycles. The van der Waals surface area contributed by atoms with E-state index < -0.39 is 23.4 Å². The van der Waals surface area contributed by atoms with Gasteiger partial charge in [0, 0.05) is 18.5 Å². The molecule has 3 aromatic rings. The van der Waals surface area contributed by atoms with Crippen molar-refractivity contribution >= 4 is 22.8 Å². The van der Waals surface area contributed by atoms with Gasteiger partial charge in [0.2, 0.25) is 0 Å². The molecule has 10 heteroatoms. The lowest BCUT2D eigenvalue weighted by Crippen LogP contribution is -2.44. The van der Waals surface area contributed by atoms with Crippen LogP contribution in [0.1, 0.15) is 29.5 Å². The maximum absolute atomic E-state index is 13.2. The standard InChI is InChI=1S/C21H21F3N4O3/c1-13-6-7-14(12-16(13)21(22,23)24)20(30)8-10-28(11-9-20)31-19(29)25-18-15-4-2-3-5-17(15)26-27-18/h2-7,12,30H,8-11H2,1H3,(H2,25,26,27,29). The van der Waals surface area contributed by atoms with Gasteiger partial charge >= 0.3 is 12.3 Å². The third-order valence-electron chi connectivity index (χ3n) is 5.53. The van der Waals surface area contributed by atoms with E-state index in [9.17, 15) is 23.1 Å². The van der Waals surface area contributed by atoms with Gasteiger partial charge in [0.15, 0.2) is 5.82 Å². The monoisotopic (exact) mass is 434 g/mol. The SMILES string of the molecule is Cc1ccc(C2(O)CCN(OC(=O)Nc3n[nH]c4ccccc34)CC2)cc1C(F)(F)F. The Balaban J connectivity index is 1.39. The zero-order valence-electron chi connectivity index (χ0n) is 16.7. The topological polar surface area (TPSA) is 90.5 Å². The van der Waals surface area contributed by atoms with Crippen molar-refractivity contribution < 1.29 is 27.9 Å². The van der Waals surface area contributed by atoms with Gasteiger partial charge in [-0.1, -0.05) is 24.3 Å². The van der Waals surface area contributed by atoms with E-state index in [1.54, 1.807) is 6.07 Å². The number of hydrogen-bond donors (Lipinski definition) is 3. The zero-order valence-corrected chi connectivity index (χ0v) is 16.7. The second-order valence-electron chi connectivity index (χ2n) is 7.61. The molecule has 1 aliphatic heterocycles. The number of rotatable bonds is 3. The third kappa shape index (κ3) is 4.35. The van der Waals surface area contributed by atoms with Crippen LogP contribution < -0.4 is 5.32 Å². The van der Waals surface area contributed by atoms with Crippen LogP contribution in [0.5, 0.6) is 0 Å². The molecule has 1 aliphatic rings. The maximum Gasteiger partial charge on any atom is 0.432 e. The molecule has 0 atom stereocenters. The molecular weight excluding hydrogens is 413 g/mol. The van der Waals surface area contributed by atoms with Gasteiger partial charge in [0.25, 0.3) is 0 Å². The number of hydroxylamine groups is 2. The molecule has 0 radical (unpaired) electrons. The van der Waals surface area contributed by atoms with E-state index in [2.05, 4.69) is 15.5 Å². The molecule has 1 amide bonds. The number of hydrogen-bond acceptors (Lipinski definition) is 5. The van der Waals surface area contributed by atoms with Gasteiger partial charge in [-0.2, -0.15) is 18.3 Å². The van der Waals surface area contributed by atoms with Gasteiger partial charge in [0.05, 0.1) is 16.7 Å². The van der Waals surface area contributed by atoms with E-state index in [1.165, 1.54) is 24.1 Å². The molecule has 31 heavy (non-hydrogen) atoms. The molecule has 0 bridgehead atoms. The van der Waals surface area contributed by atoms with E-state index in [0.717, 1.165) is 17.0 Å². The number of para-hydroxylation sites is 1. The second kappa shape index (κ2) is 7.86. The molecule has 0 spiro atoms. The molecule has 0 unspecified atom stereocenters. The van der Waals surface area contributed by atoms with Crippen molar-refractivity contribution in [1.82, 2.24) is 15.3 Å². The van der Waals surface area contributed by atoms with Crippen molar-refractivity contribution in [2.24, 2.45) is 0 Å². The summed E-state index contributed by atoms with van der Waals surface area (Å²) in [5.74, 6) is 0.327. The Hall–Kier alpha value is -3.11. The fraction of sp³-hybridized carbons (Fsp3) is 0.333. The van der Waals surface area contributed by atoms with Crippen LogP contribution in [0.2, 0.25) is 0 Å². The molecule has 1 aromatic heterocycles. The minimum atomic E-state index is -4.49. The van der Waals surface area contributed by atoms with E-state index in [4.69, 9.17) is 4.84 Å². The van der Waals surface area contributed by atoms with Gasteiger partial charge in [-0.15, -0.1) is 5.06 Å². The van der Waals surface area contributed by atoms with E-state index in [-0.39, 0.29) is 37.1 Å². The number of carbonyl (C=O) groups is 1. The van der Waals surface area contributed by atoms with Crippen molar-refractivity contribution in [3.63, 3.8) is 0 Å². The molecule has 0 aliphatic carbocycles. The summed E-state index contributed by atoms with van der Waals surface area (Å²) >= 11 is 0. The average Bonchev–Trinajstić information content (AvgIpc) is 3.12. The highest BCUT2D eigenvalue weighted by atomic mass is 19.4. The summed E-state index contributed by atoms with van der Waals surface area (Å²) < 4.78 is 39.7. The number of alkyl halides is 3. The molecular formula is C21H21F3N4O3. The van der Waals surface area contributed by atoms with Crippen LogP contribution in [0.15, 0.2) is 42.5 Å². The molecule has 164 valence electrons. The number of halogens is 3. The number of piperidine rings is 1. The lowest BCUT2D eigenvalue weighted by molar-refractivity contribution is -0.149. The molecule has 3 N–H and O–H groups in total. The number of aryl methyl sites for hydroxylation is 1. The molecule has 1 saturated heterocycles. The van der Waals surface area contributed by atoms with Crippen molar-refractivity contribution in [1.29, 1.82) is 0 Å². The van der Waals surface area contributed by atoms with Crippen LogP contribution in [0.25, 0.3) is 10.9 Å². The normalized spacial score (nSPS) is 16.9. The summed E-state index contributed by atoms with van der Waals surface area (Å²) in [7, 11) is 0. The Kier molecular flexibility index (Phi) is 5.36. The van der Waals surface area contributed by atoms with E-state index in [0.29, 0.717) is 5.82 Å². The predicted molar refractivity (Wildman–Crippen MR) is 107 cm³/mol. The maximum atomic E-state index is 13.2. The highest BCUT2D eigenvalue weighted by molar-refractivity contribution is 5.96. The average molecular weight is 434 g/mol. The highest BCUT2D eigenvalue weighted by Crippen LogP contribution is 2.38. The van der Waals surface area contributed by atoms with Crippen LogP contribution in [-0.2, 0) is 16.6 Å². The molecule has 7 nitrogen and oxygen atoms in total. The number of benzene rings is 2. The largest absolute Gasteiger partial charge is 0.432 e. The van der Waals surface area contributed by atoms with Gasteiger partial charge in [0.1, 0.15) is 0 Å². The number of nitrogens with one attached hydrogen (secondary N) is 2. The number of H-pyrrole nitrogens is 1. The summed E-state index contributed by atoms with van der Waals surface area (Å²) in [5.41, 5.74) is -1.12. The number of amides is 1. The summed E-state index contributed by atoms with van der Waals surface area (Å²) in [5, 5.41) is 22.4. The van der Waals surface area contributed by atoms with Gasteiger partial charge in [-0.25, -0.2) is 4.79 Å². The van der Waals surface area contributed by atoms with E-state index in [1.807, 2.05) is 18.2 Å². The first-order chi connectivity index (χ1) is 14.7. The second-order valence-corrected chi connectivity index (χ2v) is 7.61. The van der Waals surface area contributed by atoms with Gasteiger partial charge in [-0.05, 0) is 49.1 Å². The third-order valence-corrected chi connectivity index (χ3v) is 5.53. The van der Waals surface area contributed by atoms with Crippen LogP contribution in [0.4, 0.5) is 23.8 Å². The van der Waals surface area contributed by atoms with Crippen LogP contribution in [0, 0.1) is 6.92 Å². The van der Waals surface area contributed by atoms with Crippen molar-refractivity contribution in [2.75, 3.05) is 18.4 Å². The summed E-state index contributed by atoms with van der Waals surface area (Å²) in [6, 6.07) is 11.1. The Morgan fingerprint density at radius 1 is 1.23 bits per heavy atom. The Bertz CT molecular complexity index is 1100. The van der Waals surface area contributed by atoms with Crippen molar-refractivity contribution in [3.8, 4) is 0 Å². The summed E-state index contributed by atoms with van der Waals surface area (Å²) in [6.07, 6.45) is -5.00. The number of anilines is 1. The number of fused-ring (bicyclic) bond motifs is 1. The first-order valence-electron chi connectivity index (χ1n) is 9.73. The summed E-state index contributed by atoms with van der Waals surface area (Å²) in [4.78, 5) is 17.5. The Labute approximate surface area is 175 Å². The van der Waals surface area contributed by atoms with Crippen molar-refractivity contribution in [2.45, 2.75) is 31.5 Å². The minimum Gasteiger partial charge on any atom is -0.385 e. The fourth-order valence-corrected chi connectivity index (χ4v) is 3.75. The molecule has 1 fully saturated rings. The predicted octanol–water partition coefficient (Wildman–Crippen LogP) is 4.34. The highest BCUT2D eigenvalue weighted by Gasteiger charge is 2.38. The van der Waals surface area contributed by atoms with Crippen LogP contribution in [0.3, 0.4) is 0 Å². The quantitative estimate of drug-likeness (QED) is 0.571. The number of aromatic amines is 1. The zero-order chi connectivity index (χ0) is 22.2. The van der Waals surface area contributed by atoms with Crippen LogP contribution in [-0.4, -0.2) is 39.5 Å². The Morgan fingerprint density at radius 2 is 1.94 bits per heavy atom. The van der Waals surface area contributed by atoms with Gasteiger partial charge in [-0.3, -0.25) is 10.4 Å². The van der Waals surface area contributed by atoms with Crippen LogP contribution >= 0.6 is 0 Å². The number of aliphatic hydroxyl groups is 1. The number of aromatic nitrogens is 2. The Morgan fingerprint density at radius 3 is 2.65 bits per heavy atom. The first-order valence-corrected chi connectivity index (χ1v) is 9.73. The number of nitrogens with zero attached hydrogens (tertiary/aromatic N) is 2. The smallest absolute Gasteiger partial charge is 0.385 e. The van der Waals surface area contributed by atoms with Crippen molar-refractivity contribution in [3.05, 3.63) is 59.2 Å². The number of carbonyl (C=O) groups excluding carboxylic acids is 1. The molecule has 2 heterocycles. The first kappa shape index (κ1) is 21.1. The molecule has 4 rings (SSSR count).